The molecule has 0 radical (unpaired) electrons. The van der Waals surface area contributed by atoms with E-state index in [1.54, 1.807) is 13.2 Å². The second-order valence-electron chi connectivity index (χ2n) is 4.29. The third-order valence-electron chi connectivity index (χ3n) is 2.53. The average molecular weight is 297 g/mol. The van der Waals surface area contributed by atoms with Gasteiger partial charge in [-0.3, -0.25) is 0 Å². The van der Waals surface area contributed by atoms with Crippen molar-refractivity contribution in [3.05, 3.63) is 28.2 Å². The number of anilines is 1. The third kappa shape index (κ3) is 4.37. The number of ether oxygens (including phenoxy) is 1. The van der Waals surface area contributed by atoms with Crippen LogP contribution < -0.4 is 5.32 Å². The van der Waals surface area contributed by atoms with E-state index < -0.39 is 0 Å². The molecule has 3 nitrogen and oxygen atoms in total. The van der Waals surface area contributed by atoms with Gasteiger partial charge in [0.15, 0.2) is 0 Å². The van der Waals surface area contributed by atoms with Gasteiger partial charge in [-0.05, 0) is 24.1 Å². The largest absolute Gasteiger partial charge is 0.383 e. The quantitative estimate of drug-likeness (QED) is 0.906. The maximum Gasteiger partial charge on any atom is 0.0992 e. The van der Waals surface area contributed by atoms with Crippen molar-refractivity contribution >= 4 is 21.6 Å². The Morgan fingerprint density at radius 3 is 2.65 bits per heavy atom. The van der Waals surface area contributed by atoms with Crippen LogP contribution in [0.25, 0.3) is 0 Å². The molecule has 1 N–H and O–H groups in total. The predicted octanol–water partition coefficient (Wildman–Crippen LogP) is 3.40. The summed E-state index contributed by atoms with van der Waals surface area (Å²) in [5.74, 6) is 0.458. The van der Waals surface area contributed by atoms with E-state index in [1.165, 1.54) is 0 Å². The number of rotatable bonds is 5. The molecule has 0 spiro atoms. The van der Waals surface area contributed by atoms with Gasteiger partial charge in [0.2, 0.25) is 0 Å². The maximum atomic E-state index is 8.91. The molecule has 17 heavy (non-hydrogen) atoms. The molecule has 1 aromatic rings. The first-order valence-electron chi connectivity index (χ1n) is 5.53. The van der Waals surface area contributed by atoms with Crippen LogP contribution in [0.4, 0.5) is 5.69 Å². The molecule has 0 aliphatic rings. The Morgan fingerprint density at radius 2 is 2.12 bits per heavy atom. The standard InChI is InChI=1S/C13H17BrN2O/c1-9(2)13(8-17-3)16-12-5-10(7-15)4-11(14)6-12/h4-6,9,13,16H,8H2,1-3H3. The Bertz CT molecular complexity index is 412. The van der Waals surface area contributed by atoms with Crippen LogP contribution >= 0.6 is 15.9 Å². The molecule has 0 bridgehead atoms. The van der Waals surface area contributed by atoms with Crippen molar-refractivity contribution in [1.82, 2.24) is 0 Å². The number of nitrogens with zero attached hydrogens (tertiary/aromatic N) is 1. The number of nitrogens with one attached hydrogen (secondary N) is 1. The number of benzene rings is 1. The molecule has 0 saturated heterocycles. The summed E-state index contributed by atoms with van der Waals surface area (Å²) >= 11 is 3.40. The van der Waals surface area contributed by atoms with Crippen LogP contribution in [0.5, 0.6) is 0 Å². The first-order valence-corrected chi connectivity index (χ1v) is 6.32. The summed E-state index contributed by atoms with van der Waals surface area (Å²) in [6.07, 6.45) is 0. The highest BCUT2D eigenvalue weighted by Gasteiger charge is 2.13. The Balaban J connectivity index is 2.85. The summed E-state index contributed by atoms with van der Waals surface area (Å²) in [5, 5.41) is 12.3. The molecule has 0 saturated carbocycles. The fourth-order valence-electron chi connectivity index (χ4n) is 1.53. The van der Waals surface area contributed by atoms with Crippen LogP contribution in [-0.2, 0) is 4.74 Å². The van der Waals surface area contributed by atoms with Crippen molar-refractivity contribution in [2.24, 2.45) is 5.92 Å². The summed E-state index contributed by atoms with van der Waals surface area (Å²) in [7, 11) is 1.69. The lowest BCUT2D eigenvalue weighted by Crippen LogP contribution is -2.30. The molecule has 1 rings (SSSR count). The zero-order valence-corrected chi connectivity index (χ0v) is 11.9. The lowest BCUT2D eigenvalue weighted by molar-refractivity contribution is 0.171. The van der Waals surface area contributed by atoms with Gasteiger partial charge in [-0.25, -0.2) is 0 Å². The molecular formula is C13H17BrN2O. The molecule has 0 aromatic heterocycles. The second-order valence-corrected chi connectivity index (χ2v) is 5.21. The van der Waals surface area contributed by atoms with Gasteiger partial charge in [-0.2, -0.15) is 5.26 Å². The van der Waals surface area contributed by atoms with Crippen molar-refractivity contribution in [3.63, 3.8) is 0 Å². The highest BCUT2D eigenvalue weighted by atomic mass is 79.9. The Kier molecular flexibility index (Phi) is 5.46. The predicted molar refractivity (Wildman–Crippen MR) is 73.0 cm³/mol. The van der Waals surface area contributed by atoms with Gasteiger partial charge < -0.3 is 10.1 Å². The van der Waals surface area contributed by atoms with Gasteiger partial charge in [0.1, 0.15) is 0 Å². The number of hydrogen-bond acceptors (Lipinski definition) is 3. The first-order chi connectivity index (χ1) is 8.06. The number of nitriles is 1. The van der Waals surface area contributed by atoms with Crippen LogP contribution in [0.2, 0.25) is 0 Å². The summed E-state index contributed by atoms with van der Waals surface area (Å²) in [6.45, 7) is 4.92. The Labute approximate surface area is 111 Å². The second kappa shape index (κ2) is 6.63. The smallest absolute Gasteiger partial charge is 0.0992 e. The zero-order valence-electron chi connectivity index (χ0n) is 10.3. The van der Waals surface area contributed by atoms with Crippen LogP contribution in [0.3, 0.4) is 0 Å². The number of hydrogen-bond donors (Lipinski definition) is 1. The van der Waals surface area contributed by atoms with E-state index >= 15 is 0 Å². The molecule has 4 heteroatoms. The van der Waals surface area contributed by atoms with Crippen LogP contribution in [0.1, 0.15) is 19.4 Å². The summed E-state index contributed by atoms with van der Waals surface area (Å²) in [6, 6.07) is 7.98. The van der Waals surface area contributed by atoms with Gasteiger partial charge in [-0.15, -0.1) is 0 Å². The van der Waals surface area contributed by atoms with E-state index in [-0.39, 0.29) is 6.04 Å². The lowest BCUT2D eigenvalue weighted by atomic mass is 10.0. The normalized spacial score (nSPS) is 12.2. The van der Waals surface area contributed by atoms with Crippen molar-refractivity contribution in [3.8, 4) is 6.07 Å². The van der Waals surface area contributed by atoms with E-state index in [4.69, 9.17) is 10.00 Å². The van der Waals surface area contributed by atoms with Crippen molar-refractivity contribution < 1.29 is 4.74 Å². The Hall–Kier alpha value is -1.05. The molecule has 0 fully saturated rings. The first kappa shape index (κ1) is 14.0. The third-order valence-corrected chi connectivity index (χ3v) is 2.99. The minimum absolute atomic E-state index is 0.237. The monoisotopic (exact) mass is 296 g/mol. The molecular weight excluding hydrogens is 280 g/mol. The molecule has 92 valence electrons. The minimum atomic E-state index is 0.237. The van der Waals surface area contributed by atoms with Crippen LogP contribution in [-0.4, -0.2) is 19.8 Å². The van der Waals surface area contributed by atoms with Gasteiger partial charge in [0.05, 0.1) is 24.3 Å². The molecule has 1 aromatic carbocycles. The molecule has 0 aliphatic carbocycles. The number of methoxy groups -OCH3 is 1. The van der Waals surface area contributed by atoms with Crippen LogP contribution in [0.15, 0.2) is 22.7 Å². The van der Waals surface area contributed by atoms with Crippen LogP contribution in [0, 0.1) is 17.2 Å². The fourth-order valence-corrected chi connectivity index (χ4v) is 2.03. The van der Waals surface area contributed by atoms with Crippen molar-refractivity contribution in [2.45, 2.75) is 19.9 Å². The molecule has 0 heterocycles. The minimum Gasteiger partial charge on any atom is -0.383 e. The van der Waals surface area contributed by atoms with E-state index in [0.29, 0.717) is 18.1 Å². The molecule has 0 amide bonds. The summed E-state index contributed by atoms with van der Waals surface area (Å²) < 4.78 is 6.09. The molecule has 0 aliphatic heterocycles. The topological polar surface area (TPSA) is 45.0 Å². The highest BCUT2D eigenvalue weighted by Crippen LogP contribution is 2.21. The average Bonchev–Trinajstić information content (AvgIpc) is 2.27. The zero-order chi connectivity index (χ0) is 12.8. The van der Waals surface area contributed by atoms with Crippen molar-refractivity contribution in [2.75, 3.05) is 19.0 Å². The summed E-state index contributed by atoms with van der Waals surface area (Å²) in [5.41, 5.74) is 1.58. The lowest BCUT2D eigenvalue weighted by Gasteiger charge is -2.23. The summed E-state index contributed by atoms with van der Waals surface area (Å²) in [4.78, 5) is 0. The van der Waals surface area contributed by atoms with Gasteiger partial charge in [0.25, 0.3) is 0 Å². The molecule has 1 atom stereocenters. The van der Waals surface area contributed by atoms with Crippen molar-refractivity contribution in [1.29, 1.82) is 5.26 Å². The molecule has 1 unspecified atom stereocenters. The van der Waals surface area contributed by atoms with E-state index in [2.05, 4.69) is 41.2 Å². The maximum absolute atomic E-state index is 8.91. The Morgan fingerprint density at radius 1 is 1.41 bits per heavy atom. The number of halogens is 1. The van der Waals surface area contributed by atoms with Gasteiger partial charge in [0, 0.05) is 17.3 Å². The fraction of sp³-hybridized carbons (Fsp3) is 0.462. The van der Waals surface area contributed by atoms with Gasteiger partial charge >= 0.3 is 0 Å². The van der Waals surface area contributed by atoms with E-state index in [9.17, 15) is 0 Å². The van der Waals surface area contributed by atoms with Gasteiger partial charge in [-0.1, -0.05) is 29.8 Å². The van der Waals surface area contributed by atoms with E-state index in [0.717, 1.165) is 10.2 Å². The SMILES string of the molecule is COCC(Nc1cc(Br)cc(C#N)c1)C(C)C. The highest BCUT2D eigenvalue weighted by molar-refractivity contribution is 9.10. The van der Waals surface area contributed by atoms with E-state index in [1.807, 2.05) is 12.1 Å².